The maximum atomic E-state index is 11.9. The van der Waals surface area contributed by atoms with Gasteiger partial charge < -0.3 is 35.2 Å². The van der Waals surface area contributed by atoms with E-state index in [2.05, 4.69) is 13.1 Å². The molecule has 2 unspecified atom stereocenters. The number of aliphatic hydroxyl groups excluding tert-OH is 1. The summed E-state index contributed by atoms with van der Waals surface area (Å²) in [4.78, 5) is 60.8. The molecular weight excluding hydrogens is 479 g/mol. The van der Waals surface area contributed by atoms with E-state index in [9.17, 15) is 33.3 Å². The minimum absolute atomic E-state index is 0.107. The number of H-pyrrole nitrogens is 1. The van der Waals surface area contributed by atoms with Crippen LogP contribution in [0.3, 0.4) is 0 Å². The number of aromatic amines is 1. The number of aromatic nitrogens is 2. The zero-order chi connectivity index (χ0) is 23.1. The smallest absolute Gasteiger partial charge is 0.387 e. The van der Waals surface area contributed by atoms with Crippen molar-refractivity contribution in [3.8, 4) is 0 Å². The lowest BCUT2D eigenvalue weighted by atomic mass is 10.1. The maximum Gasteiger partial charge on any atom is 0.490 e. The molecule has 0 radical (unpaired) electrons. The van der Waals surface area contributed by atoms with E-state index in [-0.39, 0.29) is 5.56 Å². The van der Waals surface area contributed by atoms with E-state index in [4.69, 9.17) is 25.2 Å². The number of nitrogens with one attached hydrogen (secondary N) is 1. The van der Waals surface area contributed by atoms with Crippen LogP contribution in [-0.4, -0.2) is 59.1 Å². The van der Waals surface area contributed by atoms with Gasteiger partial charge in [-0.25, -0.2) is 18.5 Å². The van der Waals surface area contributed by atoms with Crippen LogP contribution >= 0.6 is 23.5 Å². The summed E-state index contributed by atoms with van der Waals surface area (Å²) in [5.41, 5.74) is 4.22. The molecule has 2 heterocycles. The monoisotopic (exact) mass is 497 g/mol. The summed E-state index contributed by atoms with van der Waals surface area (Å²) in [5.74, 6) is 0. The van der Waals surface area contributed by atoms with Crippen LogP contribution in [0.5, 0.6) is 0 Å². The molecule has 0 aromatic carbocycles. The van der Waals surface area contributed by atoms with Crippen LogP contribution in [0.25, 0.3) is 0 Å². The highest BCUT2D eigenvalue weighted by atomic mass is 31.3. The van der Waals surface area contributed by atoms with Crippen LogP contribution in [0.2, 0.25) is 0 Å². The number of nitrogens with two attached hydrogens (primary N) is 1. The van der Waals surface area contributed by atoms with Crippen molar-refractivity contribution in [3.63, 3.8) is 0 Å². The third kappa shape index (κ3) is 6.48. The Morgan fingerprint density at radius 3 is 2.33 bits per heavy atom. The van der Waals surface area contributed by atoms with Gasteiger partial charge >= 0.3 is 29.2 Å². The van der Waals surface area contributed by atoms with Crippen molar-refractivity contribution >= 4 is 23.5 Å². The van der Waals surface area contributed by atoms with E-state index in [1.807, 2.05) is 4.98 Å². The van der Waals surface area contributed by atoms with Gasteiger partial charge in [0.2, 0.25) is 0 Å². The van der Waals surface area contributed by atoms with E-state index in [1.165, 1.54) is 6.92 Å². The van der Waals surface area contributed by atoms with Crippen molar-refractivity contribution in [2.24, 2.45) is 5.73 Å². The summed E-state index contributed by atoms with van der Waals surface area (Å²) in [6.07, 6.45) is -3.22. The summed E-state index contributed by atoms with van der Waals surface area (Å²) >= 11 is 0. The molecule has 0 bridgehead atoms. The minimum atomic E-state index is -5.70. The molecule has 6 atom stereocenters. The summed E-state index contributed by atoms with van der Waals surface area (Å²) in [6, 6.07) is -1.29. The third-order valence-corrected chi connectivity index (χ3v) is 7.47. The molecule has 17 nitrogen and oxygen atoms in total. The second kappa shape index (κ2) is 8.84. The van der Waals surface area contributed by atoms with E-state index < -0.39 is 65.8 Å². The molecule has 1 fully saturated rings. The molecule has 8 N–H and O–H groups in total. The molecule has 1 saturated heterocycles. The zero-order valence-electron chi connectivity index (χ0n) is 14.9. The van der Waals surface area contributed by atoms with Gasteiger partial charge in [-0.05, 0) is 6.92 Å². The standard InChI is InChI=1S/C10H18N3O14P3/c1-4-2-13(10(16)12-8(4)15)9-7(14)6(11)5(25-9)3-24-29(20,21)27-30(22,23)26-28(17,18)19/h2,5-7,9,14H,3,11H2,1H3,(H,20,21)(H,22,23)(H,12,15,16)(H2,17,18,19)/t5-,6-,7+,9-/m1/s1. The first-order chi connectivity index (χ1) is 13.5. The van der Waals surface area contributed by atoms with Crippen LogP contribution in [0.15, 0.2) is 15.8 Å². The molecule has 172 valence electrons. The number of aliphatic hydroxyl groups is 1. The van der Waals surface area contributed by atoms with Gasteiger partial charge in [0.1, 0.15) is 12.2 Å². The van der Waals surface area contributed by atoms with Gasteiger partial charge in [0.15, 0.2) is 6.23 Å². The SMILES string of the molecule is Cc1cn([C@@H]2O[C@H](COP(=O)(O)OP(=O)(O)OP(=O)(O)O)[C@@H](N)[C@@H]2O)c(=O)[nH]c1=O. The number of rotatable bonds is 8. The van der Waals surface area contributed by atoms with Gasteiger partial charge in [-0.15, -0.1) is 0 Å². The van der Waals surface area contributed by atoms with Crippen LogP contribution in [0, 0.1) is 6.92 Å². The molecule has 1 aromatic heterocycles. The highest BCUT2D eigenvalue weighted by molar-refractivity contribution is 7.66. The lowest BCUT2D eigenvalue weighted by molar-refractivity contribution is -0.0526. The number of phosphoric ester groups is 1. The number of aryl methyl sites for hydroxylation is 1. The first-order valence-electron chi connectivity index (χ1n) is 7.71. The average molecular weight is 497 g/mol. The third-order valence-electron chi connectivity index (χ3n) is 3.67. The normalized spacial score (nSPS) is 28.8. The van der Waals surface area contributed by atoms with Crippen molar-refractivity contribution in [3.05, 3.63) is 32.6 Å². The van der Waals surface area contributed by atoms with Crippen molar-refractivity contribution in [1.82, 2.24) is 9.55 Å². The average Bonchev–Trinajstić information content (AvgIpc) is 2.81. The summed E-state index contributed by atoms with van der Waals surface area (Å²) < 4.78 is 51.3. The largest absolute Gasteiger partial charge is 0.490 e. The number of phosphoric acid groups is 3. The first-order valence-corrected chi connectivity index (χ1v) is 12.2. The molecule has 1 aromatic rings. The molecular formula is C10H18N3O14P3. The Morgan fingerprint density at radius 2 is 1.77 bits per heavy atom. The van der Waals surface area contributed by atoms with Gasteiger partial charge in [-0.1, -0.05) is 0 Å². The molecule has 0 aliphatic carbocycles. The van der Waals surface area contributed by atoms with Crippen LogP contribution < -0.4 is 17.0 Å². The predicted octanol–water partition coefficient (Wildman–Crippen LogP) is -2.23. The van der Waals surface area contributed by atoms with Crippen LogP contribution in [0.4, 0.5) is 0 Å². The fourth-order valence-electron chi connectivity index (χ4n) is 2.39. The lowest BCUT2D eigenvalue weighted by Gasteiger charge is -2.19. The van der Waals surface area contributed by atoms with E-state index in [1.54, 1.807) is 0 Å². The Morgan fingerprint density at radius 1 is 1.17 bits per heavy atom. The van der Waals surface area contributed by atoms with Crippen molar-refractivity contribution in [2.75, 3.05) is 6.61 Å². The highest BCUT2D eigenvalue weighted by Gasteiger charge is 2.46. The summed E-state index contributed by atoms with van der Waals surface area (Å²) in [7, 11) is -16.7. The second-order valence-corrected chi connectivity index (χ2v) is 10.4. The maximum absolute atomic E-state index is 11.9. The Hall–Kier alpha value is -1.03. The fourth-order valence-corrected chi connectivity index (χ4v) is 5.42. The molecule has 30 heavy (non-hydrogen) atoms. The van der Waals surface area contributed by atoms with Gasteiger partial charge in [-0.3, -0.25) is 18.9 Å². The number of hydrogen-bond acceptors (Lipinski definition) is 11. The Kier molecular flexibility index (Phi) is 7.44. The summed E-state index contributed by atoms with van der Waals surface area (Å²) in [6.45, 7) is 0.457. The topological polar surface area (TPSA) is 270 Å². The minimum Gasteiger partial charge on any atom is -0.387 e. The fraction of sp³-hybridized carbons (Fsp3) is 0.600. The van der Waals surface area contributed by atoms with Crippen molar-refractivity contribution in [2.45, 2.75) is 31.4 Å². The number of nitrogens with zero attached hydrogens (tertiary/aromatic N) is 1. The van der Waals surface area contributed by atoms with Gasteiger partial charge in [0.25, 0.3) is 5.56 Å². The van der Waals surface area contributed by atoms with Crippen molar-refractivity contribution in [1.29, 1.82) is 0 Å². The van der Waals surface area contributed by atoms with E-state index in [0.717, 1.165) is 10.8 Å². The van der Waals surface area contributed by atoms with Crippen LogP contribution in [0.1, 0.15) is 11.8 Å². The molecule has 2 rings (SSSR count). The summed E-state index contributed by atoms with van der Waals surface area (Å²) in [5, 5.41) is 10.2. The molecule has 0 amide bonds. The Balaban J connectivity index is 2.09. The first kappa shape index (κ1) is 25.2. The molecule has 0 spiro atoms. The van der Waals surface area contributed by atoms with Crippen molar-refractivity contribution < 1.29 is 56.3 Å². The van der Waals surface area contributed by atoms with Gasteiger partial charge in [-0.2, -0.15) is 8.62 Å². The Labute approximate surface area is 166 Å². The van der Waals surface area contributed by atoms with E-state index >= 15 is 0 Å². The Bertz CT molecular complexity index is 1050. The molecule has 1 aliphatic heterocycles. The predicted molar refractivity (Wildman–Crippen MR) is 93.8 cm³/mol. The lowest BCUT2D eigenvalue weighted by Crippen LogP contribution is -2.43. The molecule has 20 heteroatoms. The van der Waals surface area contributed by atoms with E-state index in [0.29, 0.717) is 0 Å². The quantitative estimate of drug-likeness (QED) is 0.187. The second-order valence-electron chi connectivity index (χ2n) is 6.00. The number of hydrogen-bond donors (Lipinski definition) is 7. The van der Waals surface area contributed by atoms with Gasteiger partial charge in [0, 0.05) is 11.8 Å². The number of ether oxygens (including phenoxy) is 1. The zero-order valence-corrected chi connectivity index (χ0v) is 17.6. The van der Waals surface area contributed by atoms with Crippen LogP contribution in [-0.2, 0) is 31.6 Å². The molecule has 0 saturated carbocycles. The molecule has 1 aliphatic rings. The van der Waals surface area contributed by atoms with Gasteiger partial charge in [0.05, 0.1) is 12.6 Å². The highest BCUT2D eigenvalue weighted by Crippen LogP contribution is 2.66.